The highest BCUT2D eigenvalue weighted by atomic mass is 16.6. The lowest BCUT2D eigenvalue weighted by Gasteiger charge is -2.16. The molecule has 0 fully saturated rings. The number of nitro groups is 1. The lowest BCUT2D eigenvalue weighted by Crippen LogP contribution is -2.20. The van der Waals surface area contributed by atoms with E-state index in [1.54, 1.807) is 12.1 Å². The van der Waals surface area contributed by atoms with Crippen LogP contribution >= 0.6 is 0 Å². The summed E-state index contributed by atoms with van der Waals surface area (Å²) in [6.07, 6.45) is 6.29. The Morgan fingerprint density at radius 2 is 2.22 bits per heavy atom. The van der Waals surface area contributed by atoms with Crippen LogP contribution in [-0.2, 0) is 6.42 Å². The quantitative estimate of drug-likeness (QED) is 0.608. The van der Waals surface area contributed by atoms with Gasteiger partial charge in [0.1, 0.15) is 0 Å². The summed E-state index contributed by atoms with van der Waals surface area (Å²) in [7, 11) is 4.13. The van der Waals surface area contributed by atoms with Gasteiger partial charge in [-0.05, 0) is 44.0 Å². The highest BCUT2D eigenvalue weighted by molar-refractivity contribution is 5.59. The van der Waals surface area contributed by atoms with Crippen molar-refractivity contribution in [1.82, 2.24) is 4.90 Å². The summed E-state index contributed by atoms with van der Waals surface area (Å²) in [5.74, 6) is 0.520. The van der Waals surface area contributed by atoms with E-state index in [2.05, 4.69) is 25.1 Å². The van der Waals surface area contributed by atoms with Crippen molar-refractivity contribution in [3.8, 4) is 0 Å². The van der Waals surface area contributed by atoms with Gasteiger partial charge in [-0.2, -0.15) is 0 Å². The van der Waals surface area contributed by atoms with Crippen LogP contribution in [0.25, 0.3) is 6.08 Å². The first-order valence-corrected chi connectivity index (χ1v) is 6.16. The van der Waals surface area contributed by atoms with Gasteiger partial charge < -0.3 is 4.90 Å². The molecule has 0 N–H and O–H groups in total. The minimum atomic E-state index is -0.337. The molecule has 0 aliphatic heterocycles. The summed E-state index contributed by atoms with van der Waals surface area (Å²) in [5, 5.41) is 10.8. The maximum Gasteiger partial charge on any atom is 0.270 e. The number of fused-ring (bicyclic) bond motifs is 1. The lowest BCUT2D eigenvalue weighted by molar-refractivity contribution is -0.384. The van der Waals surface area contributed by atoms with E-state index in [1.165, 1.54) is 5.56 Å². The minimum Gasteiger partial charge on any atom is -0.309 e. The number of nitro benzene ring substituents is 1. The third kappa shape index (κ3) is 2.96. The molecule has 0 heterocycles. The number of hydrogen-bond acceptors (Lipinski definition) is 3. The van der Waals surface area contributed by atoms with Gasteiger partial charge in [-0.1, -0.05) is 18.2 Å². The topological polar surface area (TPSA) is 46.4 Å². The van der Waals surface area contributed by atoms with E-state index in [-0.39, 0.29) is 10.6 Å². The Morgan fingerprint density at radius 1 is 1.44 bits per heavy atom. The molecule has 18 heavy (non-hydrogen) atoms. The van der Waals surface area contributed by atoms with Gasteiger partial charge in [-0.15, -0.1) is 0 Å². The van der Waals surface area contributed by atoms with Gasteiger partial charge in [0.15, 0.2) is 0 Å². The SMILES string of the molecule is CN(C)CC1C=Cc2cc([N+](=O)[O-])ccc2CC1. The van der Waals surface area contributed by atoms with Crippen molar-refractivity contribution in [2.24, 2.45) is 5.92 Å². The number of rotatable bonds is 3. The van der Waals surface area contributed by atoms with E-state index >= 15 is 0 Å². The molecule has 96 valence electrons. The molecule has 2 rings (SSSR count). The second kappa shape index (κ2) is 5.31. The fourth-order valence-electron chi connectivity index (χ4n) is 2.38. The molecule has 1 aromatic rings. The van der Waals surface area contributed by atoms with Crippen LogP contribution in [0.5, 0.6) is 0 Å². The van der Waals surface area contributed by atoms with Gasteiger partial charge in [-0.3, -0.25) is 10.1 Å². The second-order valence-electron chi connectivity index (χ2n) is 5.06. The maximum atomic E-state index is 10.8. The first kappa shape index (κ1) is 12.8. The van der Waals surface area contributed by atoms with E-state index in [4.69, 9.17) is 0 Å². The first-order chi connectivity index (χ1) is 8.56. The Bertz CT molecular complexity index is 481. The van der Waals surface area contributed by atoms with Gasteiger partial charge in [0.05, 0.1) is 4.92 Å². The summed E-state index contributed by atoms with van der Waals surface area (Å²) in [6.45, 7) is 1.02. The second-order valence-corrected chi connectivity index (χ2v) is 5.06. The van der Waals surface area contributed by atoms with Crippen LogP contribution in [0, 0.1) is 16.0 Å². The zero-order valence-electron chi connectivity index (χ0n) is 10.8. The predicted molar refractivity (Wildman–Crippen MR) is 72.5 cm³/mol. The highest BCUT2D eigenvalue weighted by Gasteiger charge is 2.15. The zero-order chi connectivity index (χ0) is 13.1. The number of hydrogen-bond donors (Lipinski definition) is 0. The fraction of sp³-hybridized carbons (Fsp3) is 0.429. The molecule has 1 atom stereocenters. The summed E-state index contributed by atoms with van der Waals surface area (Å²) in [5.41, 5.74) is 2.37. The highest BCUT2D eigenvalue weighted by Crippen LogP contribution is 2.25. The first-order valence-electron chi connectivity index (χ1n) is 6.16. The van der Waals surface area contributed by atoms with Crippen LogP contribution in [0.3, 0.4) is 0 Å². The molecule has 1 aliphatic rings. The molecule has 0 aromatic heterocycles. The van der Waals surface area contributed by atoms with Crippen molar-refractivity contribution < 1.29 is 4.92 Å². The van der Waals surface area contributed by atoms with E-state index in [0.29, 0.717) is 5.92 Å². The number of nitrogens with zero attached hydrogens (tertiary/aromatic N) is 2. The summed E-state index contributed by atoms with van der Waals surface area (Å²) >= 11 is 0. The van der Waals surface area contributed by atoms with Crippen molar-refractivity contribution in [3.05, 3.63) is 45.5 Å². The summed E-state index contributed by atoms with van der Waals surface area (Å²) < 4.78 is 0. The Hall–Kier alpha value is -1.68. The van der Waals surface area contributed by atoms with Crippen molar-refractivity contribution in [2.75, 3.05) is 20.6 Å². The minimum absolute atomic E-state index is 0.171. The number of benzene rings is 1. The Kier molecular flexibility index (Phi) is 3.77. The van der Waals surface area contributed by atoms with Gasteiger partial charge in [0.25, 0.3) is 5.69 Å². The van der Waals surface area contributed by atoms with Crippen molar-refractivity contribution in [1.29, 1.82) is 0 Å². The molecule has 4 nitrogen and oxygen atoms in total. The number of non-ortho nitro benzene ring substituents is 1. The smallest absolute Gasteiger partial charge is 0.270 e. The fourth-order valence-corrected chi connectivity index (χ4v) is 2.38. The van der Waals surface area contributed by atoms with E-state index in [1.807, 2.05) is 12.1 Å². The molecule has 0 saturated carbocycles. The van der Waals surface area contributed by atoms with Crippen LogP contribution in [0.2, 0.25) is 0 Å². The van der Waals surface area contributed by atoms with Crippen LogP contribution in [0.4, 0.5) is 5.69 Å². The predicted octanol–water partition coefficient (Wildman–Crippen LogP) is 2.73. The molecule has 0 radical (unpaired) electrons. The molecular weight excluding hydrogens is 228 g/mol. The summed E-state index contributed by atoms with van der Waals surface area (Å²) in [6, 6.07) is 5.15. The Labute approximate surface area is 107 Å². The van der Waals surface area contributed by atoms with E-state index < -0.39 is 0 Å². The van der Waals surface area contributed by atoms with Crippen molar-refractivity contribution in [2.45, 2.75) is 12.8 Å². The summed E-state index contributed by atoms with van der Waals surface area (Å²) in [4.78, 5) is 12.6. The largest absolute Gasteiger partial charge is 0.309 e. The molecule has 0 amide bonds. The molecule has 0 spiro atoms. The molecule has 1 aliphatic carbocycles. The van der Waals surface area contributed by atoms with Crippen LogP contribution < -0.4 is 0 Å². The van der Waals surface area contributed by atoms with Gasteiger partial charge in [0.2, 0.25) is 0 Å². The lowest BCUT2D eigenvalue weighted by atomic mass is 10.0. The van der Waals surface area contributed by atoms with Crippen molar-refractivity contribution >= 4 is 11.8 Å². The Morgan fingerprint density at radius 3 is 2.89 bits per heavy atom. The molecule has 4 heteroatoms. The third-order valence-corrected chi connectivity index (χ3v) is 3.27. The van der Waals surface area contributed by atoms with E-state index in [0.717, 1.165) is 24.9 Å². The van der Waals surface area contributed by atoms with E-state index in [9.17, 15) is 10.1 Å². The van der Waals surface area contributed by atoms with Crippen LogP contribution in [0.15, 0.2) is 24.3 Å². The molecular formula is C14H18N2O2. The standard InChI is InChI=1S/C14H18N2O2/c1-15(2)10-11-3-5-12-7-8-14(16(17)18)9-13(12)6-4-11/h4,6-9,11H,3,5,10H2,1-2H3. The molecule has 1 unspecified atom stereocenters. The molecule has 0 bridgehead atoms. The normalized spacial score (nSPS) is 18.5. The van der Waals surface area contributed by atoms with Gasteiger partial charge >= 0.3 is 0 Å². The number of aryl methyl sites for hydroxylation is 1. The molecule has 1 aromatic carbocycles. The Balaban J connectivity index is 2.22. The average Bonchev–Trinajstić information content (AvgIpc) is 2.50. The zero-order valence-corrected chi connectivity index (χ0v) is 10.8. The van der Waals surface area contributed by atoms with Crippen molar-refractivity contribution in [3.63, 3.8) is 0 Å². The monoisotopic (exact) mass is 246 g/mol. The van der Waals surface area contributed by atoms with Crippen LogP contribution in [-0.4, -0.2) is 30.5 Å². The van der Waals surface area contributed by atoms with Gasteiger partial charge in [0, 0.05) is 18.7 Å². The molecule has 0 saturated heterocycles. The average molecular weight is 246 g/mol. The van der Waals surface area contributed by atoms with Gasteiger partial charge in [-0.25, -0.2) is 0 Å². The maximum absolute atomic E-state index is 10.8. The third-order valence-electron chi connectivity index (χ3n) is 3.27. The van der Waals surface area contributed by atoms with Crippen LogP contribution in [0.1, 0.15) is 17.5 Å².